The van der Waals surface area contributed by atoms with Crippen LogP contribution in [0.15, 0.2) is 59.7 Å². The molecule has 4 rings (SSSR count). The van der Waals surface area contributed by atoms with Gasteiger partial charge in [0.2, 0.25) is 0 Å². The summed E-state index contributed by atoms with van der Waals surface area (Å²) in [6.45, 7) is -0.248. The molecular formula is C26H18F3N3O2. The average Bonchev–Trinajstić information content (AvgIpc) is 2.85. The zero-order valence-electron chi connectivity index (χ0n) is 17.9. The standard InChI is InChI=1S/C26H18F3N3O2/c27-26(28,29)24(34)32-11-9-25(10-12-32)21(13-17-1-5-19(15-30)6-2-17)23(33)22(25)14-18-3-7-20(16-31)8-4-18/h1-8,13-14H,9-12H2/b21-13-,22-14-. The van der Waals surface area contributed by atoms with E-state index >= 15 is 0 Å². The Morgan fingerprint density at radius 1 is 0.853 bits per heavy atom. The molecular weight excluding hydrogens is 443 g/mol. The van der Waals surface area contributed by atoms with Crippen LogP contribution in [0.3, 0.4) is 0 Å². The van der Waals surface area contributed by atoms with E-state index in [9.17, 15) is 22.8 Å². The number of hydrogen-bond donors (Lipinski definition) is 0. The summed E-state index contributed by atoms with van der Waals surface area (Å²) in [5.41, 5.74) is 2.53. The smallest absolute Gasteiger partial charge is 0.335 e. The van der Waals surface area contributed by atoms with Gasteiger partial charge in [0, 0.05) is 29.7 Å². The van der Waals surface area contributed by atoms with Crippen molar-refractivity contribution >= 4 is 23.8 Å². The van der Waals surface area contributed by atoms with Crippen molar-refractivity contribution in [1.29, 1.82) is 10.5 Å². The molecule has 0 aromatic heterocycles. The van der Waals surface area contributed by atoms with E-state index in [0.717, 1.165) is 4.90 Å². The van der Waals surface area contributed by atoms with Gasteiger partial charge in [0.1, 0.15) is 0 Å². The lowest BCUT2D eigenvalue weighted by Gasteiger charge is -2.50. The van der Waals surface area contributed by atoms with Gasteiger partial charge in [-0.15, -0.1) is 0 Å². The minimum atomic E-state index is -4.94. The molecule has 1 aliphatic carbocycles. The molecule has 170 valence electrons. The molecule has 8 heteroatoms. The molecule has 34 heavy (non-hydrogen) atoms. The SMILES string of the molecule is N#Cc1ccc(/C=C2/C(=O)/C(=C/c3ccc(C#N)cc3)C23CCN(C(=O)C(F)(F)F)CC3)cc1. The van der Waals surface area contributed by atoms with Crippen molar-refractivity contribution in [3.05, 3.63) is 81.9 Å². The number of halogens is 3. The highest BCUT2D eigenvalue weighted by atomic mass is 19.4. The van der Waals surface area contributed by atoms with E-state index in [2.05, 4.69) is 0 Å². The second-order valence-corrected chi connectivity index (χ2v) is 8.28. The molecule has 1 aliphatic heterocycles. The van der Waals surface area contributed by atoms with Gasteiger partial charge in [0.05, 0.1) is 23.3 Å². The predicted molar refractivity (Wildman–Crippen MR) is 118 cm³/mol. The zero-order chi connectivity index (χ0) is 24.5. The van der Waals surface area contributed by atoms with Gasteiger partial charge in [0.25, 0.3) is 0 Å². The number of hydrogen-bond acceptors (Lipinski definition) is 4. The van der Waals surface area contributed by atoms with E-state index in [1.165, 1.54) is 0 Å². The second-order valence-electron chi connectivity index (χ2n) is 8.28. The number of benzene rings is 2. The first-order valence-electron chi connectivity index (χ1n) is 10.5. The Hall–Kier alpha value is -4.17. The van der Waals surface area contributed by atoms with Crippen molar-refractivity contribution in [3.63, 3.8) is 0 Å². The third kappa shape index (κ3) is 4.11. The summed E-state index contributed by atoms with van der Waals surface area (Å²) in [4.78, 5) is 25.7. The minimum Gasteiger partial charge on any atom is -0.335 e. The number of amides is 1. The number of Topliss-reactive ketones (excluding diaryl/α,β-unsaturated/α-hetero) is 1. The zero-order valence-corrected chi connectivity index (χ0v) is 17.9. The van der Waals surface area contributed by atoms with Crippen LogP contribution in [0.1, 0.15) is 35.1 Å². The van der Waals surface area contributed by atoms with Crippen LogP contribution in [0, 0.1) is 28.1 Å². The molecule has 2 aliphatic rings. The molecule has 1 amide bonds. The van der Waals surface area contributed by atoms with Crippen LogP contribution in [-0.4, -0.2) is 35.9 Å². The van der Waals surface area contributed by atoms with Crippen molar-refractivity contribution in [2.75, 3.05) is 13.1 Å². The van der Waals surface area contributed by atoms with Crippen molar-refractivity contribution in [2.45, 2.75) is 19.0 Å². The van der Waals surface area contributed by atoms with Crippen LogP contribution in [0.2, 0.25) is 0 Å². The van der Waals surface area contributed by atoms with E-state index in [4.69, 9.17) is 10.5 Å². The number of carbonyl (C=O) groups is 2. The van der Waals surface area contributed by atoms with Crippen LogP contribution in [0.25, 0.3) is 12.2 Å². The quantitative estimate of drug-likeness (QED) is 0.610. The van der Waals surface area contributed by atoms with Gasteiger partial charge in [-0.1, -0.05) is 24.3 Å². The maximum atomic E-state index is 13.2. The van der Waals surface area contributed by atoms with Crippen molar-refractivity contribution in [1.82, 2.24) is 4.90 Å². The van der Waals surface area contributed by atoms with Gasteiger partial charge in [-0.2, -0.15) is 23.7 Å². The Bertz CT molecular complexity index is 1200. The number of rotatable bonds is 2. The van der Waals surface area contributed by atoms with Crippen molar-refractivity contribution < 1.29 is 22.8 Å². The maximum Gasteiger partial charge on any atom is 0.471 e. The first-order valence-corrected chi connectivity index (χ1v) is 10.5. The summed E-state index contributed by atoms with van der Waals surface area (Å²) in [5.74, 6) is -2.08. The van der Waals surface area contributed by atoms with E-state index in [1.807, 2.05) is 12.1 Å². The van der Waals surface area contributed by atoms with E-state index in [0.29, 0.717) is 33.4 Å². The number of alkyl halides is 3. The Labute approximate surface area is 194 Å². The predicted octanol–water partition coefficient (Wildman–Crippen LogP) is 4.65. The topological polar surface area (TPSA) is 85.0 Å². The summed E-state index contributed by atoms with van der Waals surface area (Å²) in [6, 6.07) is 17.4. The third-order valence-corrected chi connectivity index (χ3v) is 6.37. The third-order valence-electron chi connectivity index (χ3n) is 6.37. The Kier molecular flexibility index (Phi) is 5.85. The molecule has 1 spiro atoms. The number of piperidine rings is 1. The Morgan fingerprint density at radius 3 is 1.62 bits per heavy atom. The number of likely N-dealkylation sites (tertiary alicyclic amines) is 1. The normalized spacial score (nSPS) is 19.6. The number of allylic oxidation sites excluding steroid dienone is 2. The van der Waals surface area contributed by atoms with Gasteiger partial charge in [-0.25, -0.2) is 0 Å². The molecule has 2 aromatic carbocycles. The van der Waals surface area contributed by atoms with E-state index in [1.54, 1.807) is 60.7 Å². The molecule has 5 nitrogen and oxygen atoms in total. The molecule has 0 radical (unpaired) electrons. The second kappa shape index (κ2) is 8.64. The maximum absolute atomic E-state index is 13.2. The highest BCUT2D eigenvalue weighted by Gasteiger charge is 2.56. The minimum absolute atomic E-state index is 0.124. The van der Waals surface area contributed by atoms with Gasteiger partial charge in [0.15, 0.2) is 5.78 Å². The lowest BCUT2D eigenvalue weighted by molar-refractivity contribution is -0.187. The van der Waals surface area contributed by atoms with Gasteiger partial charge in [-0.3, -0.25) is 9.59 Å². The number of nitrogens with zero attached hydrogens (tertiary/aromatic N) is 3. The first kappa shape index (κ1) is 23.0. The molecule has 2 aromatic rings. The van der Waals surface area contributed by atoms with Gasteiger partial charge < -0.3 is 4.90 Å². The lowest BCUT2D eigenvalue weighted by Crippen LogP contribution is -2.54. The van der Waals surface area contributed by atoms with Crippen molar-refractivity contribution in [2.24, 2.45) is 5.41 Å². The number of ketones is 1. The fraction of sp³-hybridized carbons (Fsp3) is 0.231. The fourth-order valence-corrected chi connectivity index (χ4v) is 4.52. The average molecular weight is 461 g/mol. The molecule has 0 bridgehead atoms. The highest BCUT2D eigenvalue weighted by Crippen LogP contribution is 2.56. The Balaban J connectivity index is 1.69. The molecule has 1 heterocycles. The monoisotopic (exact) mass is 461 g/mol. The molecule has 1 saturated carbocycles. The summed E-state index contributed by atoms with van der Waals surface area (Å²) in [6.07, 6.45) is -1.15. The number of nitriles is 2. The van der Waals surface area contributed by atoms with Crippen LogP contribution >= 0.6 is 0 Å². The molecule has 0 N–H and O–H groups in total. The van der Waals surface area contributed by atoms with Gasteiger partial charge in [-0.05, 0) is 60.4 Å². The molecule has 0 atom stereocenters. The van der Waals surface area contributed by atoms with Crippen molar-refractivity contribution in [3.8, 4) is 12.1 Å². The molecule has 2 fully saturated rings. The summed E-state index contributed by atoms with van der Waals surface area (Å²) < 4.78 is 38.8. The molecule has 1 saturated heterocycles. The summed E-state index contributed by atoms with van der Waals surface area (Å²) in [5, 5.41) is 18.0. The van der Waals surface area contributed by atoms with Crippen LogP contribution < -0.4 is 0 Å². The first-order chi connectivity index (χ1) is 16.2. The van der Waals surface area contributed by atoms with Crippen LogP contribution in [0.5, 0.6) is 0 Å². The highest BCUT2D eigenvalue weighted by molar-refractivity contribution is 6.23. The molecule has 0 unspecified atom stereocenters. The summed E-state index contributed by atoms with van der Waals surface area (Å²) >= 11 is 0. The lowest BCUT2D eigenvalue weighted by atomic mass is 9.54. The number of carbonyl (C=O) groups excluding carboxylic acids is 2. The van der Waals surface area contributed by atoms with Crippen LogP contribution in [0.4, 0.5) is 13.2 Å². The Morgan fingerprint density at radius 2 is 1.26 bits per heavy atom. The fourth-order valence-electron chi connectivity index (χ4n) is 4.52. The van der Waals surface area contributed by atoms with E-state index < -0.39 is 17.5 Å². The largest absolute Gasteiger partial charge is 0.471 e. The van der Waals surface area contributed by atoms with Crippen LogP contribution in [-0.2, 0) is 9.59 Å². The van der Waals surface area contributed by atoms with E-state index in [-0.39, 0.29) is 31.7 Å². The van der Waals surface area contributed by atoms with Gasteiger partial charge >= 0.3 is 12.1 Å². The summed E-state index contributed by atoms with van der Waals surface area (Å²) in [7, 11) is 0.